The van der Waals surface area contributed by atoms with Gasteiger partial charge in [-0.1, -0.05) is 55.8 Å². The summed E-state index contributed by atoms with van der Waals surface area (Å²) in [5.41, 5.74) is 9.70. The molecule has 0 aliphatic carbocycles. The molecule has 0 aliphatic rings. The molecule has 242 valence electrons. The summed E-state index contributed by atoms with van der Waals surface area (Å²) in [6.07, 6.45) is 0.464. The first-order chi connectivity index (χ1) is 20.4. The van der Waals surface area contributed by atoms with Gasteiger partial charge in [-0.3, -0.25) is 14.4 Å². The number of carbonyl (C=O) groups is 4. The SMILES string of the molecule is Cc1ccc(C(C(=O)Nc2c(C)cccc2C)N(C(=O)C(CCC(N)=O)NC(=O)OC(C)(C)C)C(C)CCC(C)C)c(C)c1. The molecule has 9 nitrogen and oxygen atoms in total. The maximum atomic E-state index is 14.7. The Kier molecular flexibility index (Phi) is 13.0. The van der Waals surface area contributed by atoms with Crippen molar-refractivity contribution in [1.29, 1.82) is 0 Å². The maximum absolute atomic E-state index is 14.7. The van der Waals surface area contributed by atoms with Crippen LogP contribution in [-0.2, 0) is 19.1 Å². The van der Waals surface area contributed by atoms with E-state index in [-0.39, 0.29) is 18.7 Å². The zero-order valence-corrected chi connectivity index (χ0v) is 28.2. The van der Waals surface area contributed by atoms with Crippen LogP contribution in [0.4, 0.5) is 10.5 Å². The van der Waals surface area contributed by atoms with E-state index < -0.39 is 41.6 Å². The molecule has 3 unspecified atom stereocenters. The number of anilines is 1. The summed E-state index contributed by atoms with van der Waals surface area (Å²) in [6.45, 7) is 19.0. The molecular weight excluding hydrogens is 556 g/mol. The van der Waals surface area contributed by atoms with E-state index in [1.807, 2.05) is 71.0 Å². The molecule has 0 saturated carbocycles. The van der Waals surface area contributed by atoms with Crippen LogP contribution in [0.25, 0.3) is 0 Å². The minimum Gasteiger partial charge on any atom is -0.444 e. The van der Waals surface area contributed by atoms with Crippen LogP contribution in [0.15, 0.2) is 36.4 Å². The monoisotopic (exact) mass is 608 g/mol. The van der Waals surface area contributed by atoms with Crippen molar-refractivity contribution in [3.8, 4) is 0 Å². The lowest BCUT2D eigenvalue weighted by Gasteiger charge is -2.39. The summed E-state index contributed by atoms with van der Waals surface area (Å²) in [7, 11) is 0. The van der Waals surface area contributed by atoms with E-state index in [2.05, 4.69) is 24.5 Å². The van der Waals surface area contributed by atoms with E-state index in [0.29, 0.717) is 23.6 Å². The number of hydrogen-bond acceptors (Lipinski definition) is 5. The molecule has 0 aromatic heterocycles. The zero-order valence-electron chi connectivity index (χ0n) is 28.2. The summed E-state index contributed by atoms with van der Waals surface area (Å²) >= 11 is 0. The number of nitrogens with zero attached hydrogens (tertiary/aromatic N) is 1. The van der Waals surface area contributed by atoms with Crippen LogP contribution in [0.5, 0.6) is 0 Å². The van der Waals surface area contributed by atoms with E-state index in [1.165, 1.54) is 0 Å². The van der Waals surface area contributed by atoms with Gasteiger partial charge in [0, 0.05) is 18.2 Å². The van der Waals surface area contributed by atoms with Gasteiger partial charge in [0.2, 0.25) is 11.8 Å². The molecule has 2 rings (SSSR count). The number of benzene rings is 2. The third-order valence-corrected chi connectivity index (χ3v) is 7.54. The van der Waals surface area contributed by atoms with Crippen LogP contribution in [-0.4, -0.2) is 46.4 Å². The molecule has 0 radical (unpaired) electrons. The standard InChI is InChI=1S/C35H52N4O5/c1-21(2)14-16-26(7)39(33(42)28(18-19-29(36)40)37-34(43)44-35(8,9)10)31(27-17-15-22(3)20-25(27)6)32(41)38-30-23(4)12-11-13-24(30)5/h11-13,15,17,20-21,26,28,31H,14,16,18-19H2,1-10H3,(H2,36,40)(H,37,43)(H,38,41). The molecule has 0 aliphatic heterocycles. The fraction of sp³-hybridized carbons (Fsp3) is 0.543. The normalized spacial score (nSPS) is 13.5. The molecule has 9 heteroatoms. The lowest BCUT2D eigenvalue weighted by atomic mass is 9.93. The average molecular weight is 609 g/mol. The summed E-state index contributed by atoms with van der Waals surface area (Å²) in [6, 6.07) is 9.00. The first kappa shape index (κ1) is 36.3. The molecule has 2 aromatic rings. The minimum absolute atomic E-state index is 0.0427. The van der Waals surface area contributed by atoms with E-state index >= 15 is 0 Å². The highest BCUT2D eigenvalue weighted by atomic mass is 16.6. The van der Waals surface area contributed by atoms with Crippen molar-refractivity contribution >= 4 is 29.5 Å². The van der Waals surface area contributed by atoms with Gasteiger partial charge in [0.1, 0.15) is 17.7 Å². The predicted octanol–water partition coefficient (Wildman–Crippen LogP) is 6.41. The number of amides is 4. The van der Waals surface area contributed by atoms with E-state index in [9.17, 15) is 19.2 Å². The highest BCUT2D eigenvalue weighted by Gasteiger charge is 2.39. The number of ether oxygens (including phenoxy) is 1. The molecular formula is C35H52N4O5. The third kappa shape index (κ3) is 10.7. The van der Waals surface area contributed by atoms with Crippen LogP contribution in [0.1, 0.15) is 101 Å². The lowest BCUT2D eigenvalue weighted by molar-refractivity contribution is -0.143. The summed E-state index contributed by atoms with van der Waals surface area (Å²) in [5.74, 6) is -1.10. The number of rotatable bonds is 13. The molecule has 4 amide bonds. The fourth-order valence-corrected chi connectivity index (χ4v) is 5.24. The molecule has 0 saturated heterocycles. The number of hydrogen-bond donors (Lipinski definition) is 3. The van der Waals surface area contributed by atoms with Crippen molar-refractivity contribution < 1.29 is 23.9 Å². The van der Waals surface area contributed by atoms with E-state index in [0.717, 1.165) is 28.7 Å². The first-order valence-corrected chi connectivity index (χ1v) is 15.5. The van der Waals surface area contributed by atoms with Crippen molar-refractivity contribution in [2.75, 3.05) is 5.32 Å². The predicted molar refractivity (Wildman–Crippen MR) is 175 cm³/mol. The molecule has 0 fully saturated rings. The van der Waals surface area contributed by atoms with Crippen molar-refractivity contribution in [3.63, 3.8) is 0 Å². The van der Waals surface area contributed by atoms with Crippen molar-refractivity contribution in [3.05, 3.63) is 64.2 Å². The summed E-state index contributed by atoms with van der Waals surface area (Å²) in [5, 5.41) is 5.79. The Morgan fingerprint density at radius 2 is 1.50 bits per heavy atom. The van der Waals surface area contributed by atoms with E-state index in [1.54, 1.807) is 25.7 Å². The van der Waals surface area contributed by atoms with Gasteiger partial charge < -0.3 is 26.0 Å². The number of aryl methyl sites for hydroxylation is 4. The van der Waals surface area contributed by atoms with Crippen LogP contribution < -0.4 is 16.4 Å². The second-order valence-electron chi connectivity index (χ2n) is 13.3. The largest absolute Gasteiger partial charge is 0.444 e. The number of nitrogens with two attached hydrogens (primary N) is 1. The van der Waals surface area contributed by atoms with Gasteiger partial charge in [-0.2, -0.15) is 0 Å². The first-order valence-electron chi connectivity index (χ1n) is 15.5. The zero-order chi connectivity index (χ0) is 33.4. The molecule has 0 spiro atoms. The second kappa shape index (κ2) is 15.7. The van der Waals surface area contributed by atoms with Crippen LogP contribution in [0.3, 0.4) is 0 Å². The third-order valence-electron chi connectivity index (χ3n) is 7.54. The molecule has 3 atom stereocenters. The highest BCUT2D eigenvalue weighted by molar-refractivity contribution is 6.00. The van der Waals surface area contributed by atoms with Crippen LogP contribution in [0.2, 0.25) is 0 Å². The number of nitrogens with one attached hydrogen (secondary N) is 2. The number of primary amides is 1. The summed E-state index contributed by atoms with van der Waals surface area (Å²) in [4.78, 5) is 55.4. The minimum atomic E-state index is -1.15. The lowest BCUT2D eigenvalue weighted by Crippen LogP contribution is -2.55. The Balaban J connectivity index is 2.73. The molecule has 0 bridgehead atoms. The van der Waals surface area contributed by atoms with Gasteiger partial charge in [-0.15, -0.1) is 0 Å². The fourth-order valence-electron chi connectivity index (χ4n) is 5.24. The number of para-hydroxylation sites is 1. The maximum Gasteiger partial charge on any atom is 0.408 e. The van der Waals surface area contributed by atoms with Crippen LogP contribution in [0, 0.1) is 33.6 Å². The van der Waals surface area contributed by atoms with Gasteiger partial charge >= 0.3 is 6.09 Å². The van der Waals surface area contributed by atoms with Crippen molar-refractivity contribution in [1.82, 2.24) is 10.2 Å². The molecule has 0 heterocycles. The van der Waals surface area contributed by atoms with Gasteiger partial charge in [-0.25, -0.2) is 4.79 Å². The number of carbonyl (C=O) groups excluding carboxylic acids is 4. The number of alkyl carbamates (subject to hydrolysis) is 1. The topological polar surface area (TPSA) is 131 Å². The van der Waals surface area contributed by atoms with Crippen molar-refractivity contribution in [2.24, 2.45) is 11.7 Å². The Bertz CT molecular complexity index is 1310. The highest BCUT2D eigenvalue weighted by Crippen LogP contribution is 2.32. The van der Waals surface area contributed by atoms with Gasteiger partial charge in [-0.05, 0) is 103 Å². The Morgan fingerprint density at radius 3 is 2.02 bits per heavy atom. The van der Waals surface area contributed by atoms with Gasteiger partial charge in [0.05, 0.1) is 0 Å². The smallest absolute Gasteiger partial charge is 0.408 e. The molecule has 44 heavy (non-hydrogen) atoms. The van der Waals surface area contributed by atoms with Crippen LogP contribution >= 0.6 is 0 Å². The van der Waals surface area contributed by atoms with Crippen molar-refractivity contribution in [2.45, 2.75) is 119 Å². The Morgan fingerprint density at radius 1 is 0.886 bits per heavy atom. The van der Waals surface area contributed by atoms with E-state index in [4.69, 9.17) is 10.5 Å². The summed E-state index contributed by atoms with van der Waals surface area (Å²) < 4.78 is 5.46. The molecule has 2 aromatic carbocycles. The quantitative estimate of drug-likeness (QED) is 0.242. The Labute approximate surface area is 263 Å². The second-order valence-corrected chi connectivity index (χ2v) is 13.3. The Hall–Kier alpha value is -3.88. The average Bonchev–Trinajstić information content (AvgIpc) is 2.89. The van der Waals surface area contributed by atoms with Gasteiger partial charge in [0.15, 0.2) is 0 Å². The van der Waals surface area contributed by atoms with Gasteiger partial charge in [0.25, 0.3) is 5.91 Å². The molecule has 4 N–H and O–H groups in total.